The molecule has 0 saturated carbocycles. The fourth-order valence-electron chi connectivity index (χ4n) is 12.7. The number of imide groups is 3. The molecule has 7 heterocycles. The van der Waals surface area contributed by atoms with Gasteiger partial charge in [0.2, 0.25) is 0 Å². The lowest BCUT2D eigenvalue weighted by Gasteiger charge is -2.29. The van der Waals surface area contributed by atoms with Crippen molar-refractivity contribution < 1.29 is 91.1 Å². The van der Waals surface area contributed by atoms with Gasteiger partial charge in [0.1, 0.15) is 75.4 Å². The largest absolute Gasteiger partial charge is 0.508 e. The number of hydrogen-bond donors (Lipinski definition) is 4. The minimum absolute atomic E-state index is 0. The van der Waals surface area contributed by atoms with E-state index < -0.39 is 18.3 Å². The molecule has 6 N–H and O–H groups in total. The number of carbonyl (C=O) groups is 6. The van der Waals surface area contributed by atoms with Gasteiger partial charge in [-0.15, -0.1) is 0 Å². The number of halogens is 4. The zero-order valence-corrected chi connectivity index (χ0v) is 68.4. The monoisotopic (exact) mass is 1750 g/mol. The normalized spacial score (nSPS) is 16.1. The zero-order valence-electron chi connectivity index (χ0n) is 64.5. The van der Waals surface area contributed by atoms with E-state index in [1.54, 1.807) is 110 Å². The third kappa shape index (κ3) is 22.7. The molecule has 18 rings (SSSR count). The first kappa shape index (κ1) is 88.5. The summed E-state index contributed by atoms with van der Waals surface area (Å²) in [4.78, 5) is 78.7. The van der Waals surface area contributed by atoms with Crippen LogP contribution in [0.5, 0.6) is 69.0 Å². The highest BCUT2D eigenvalue weighted by Gasteiger charge is 2.41. The van der Waals surface area contributed by atoms with E-state index in [-0.39, 0.29) is 101 Å². The van der Waals surface area contributed by atoms with Crippen molar-refractivity contribution in [2.45, 2.75) is 63.9 Å². The summed E-state index contributed by atoms with van der Waals surface area (Å²) in [5, 5.41) is 20.1. The topological polar surface area (TPSA) is 306 Å². The number of hydrogen-bond acceptors (Lipinski definition) is 21. The molecule has 0 bridgehead atoms. The Balaban J connectivity index is 0.000000149. The molecule has 0 saturated heterocycles. The van der Waals surface area contributed by atoms with Crippen molar-refractivity contribution in [3.63, 3.8) is 0 Å². The van der Waals surface area contributed by atoms with E-state index in [2.05, 4.69) is 21.7 Å². The van der Waals surface area contributed by atoms with Gasteiger partial charge < -0.3 is 73.8 Å². The number of aromatic hydroxyl groups is 1. The van der Waals surface area contributed by atoms with Crippen molar-refractivity contribution in [2.75, 3.05) is 66.3 Å². The maximum atomic E-state index is 12.6. The van der Waals surface area contributed by atoms with Crippen molar-refractivity contribution in [1.82, 2.24) is 14.7 Å². The van der Waals surface area contributed by atoms with E-state index in [1.807, 2.05) is 133 Å². The number of phenols is 1. The summed E-state index contributed by atoms with van der Waals surface area (Å²) in [6.07, 6.45) is -1.51. The van der Waals surface area contributed by atoms with Crippen LogP contribution in [0.4, 0.5) is 0 Å². The summed E-state index contributed by atoms with van der Waals surface area (Å²) in [5.41, 5.74) is 17.0. The van der Waals surface area contributed by atoms with E-state index in [4.69, 9.17) is 97.7 Å². The highest BCUT2D eigenvalue weighted by Crippen LogP contribution is 2.41. The maximum absolute atomic E-state index is 12.6. The lowest BCUT2D eigenvalue weighted by molar-refractivity contribution is 0.0420. The fraction of sp³-hybridized carbons (Fsp3) is 0.217. The minimum atomic E-state index is -0.480. The lowest BCUT2D eigenvalue weighted by atomic mass is 10.1. The average molecular weight is 1750 g/mol. The maximum Gasteiger partial charge on any atom is 0.261 e. The van der Waals surface area contributed by atoms with Gasteiger partial charge in [-0.1, -0.05) is 161 Å². The Labute approximate surface area is 717 Å². The van der Waals surface area contributed by atoms with Crippen molar-refractivity contribution in [3.05, 3.63) is 319 Å². The Bertz CT molecular complexity index is 5260. The Hall–Kier alpha value is -12.3. The van der Waals surface area contributed by atoms with Crippen LogP contribution in [0, 0.1) is 0 Å². The summed E-state index contributed by atoms with van der Waals surface area (Å²) in [5.74, 6) is 4.78. The number of phenolic OH excluding ortho intramolecular Hbond substituents is 1. The number of carbonyl (C=O) groups excluding carboxylic acids is 6. The van der Waals surface area contributed by atoms with Crippen LogP contribution in [0.3, 0.4) is 0 Å². The standard InChI is InChI=1S/C24H18ClNO5.C24H19NO5.C17H13NO5.C16H16ClNO3.C7H6BrCl.C2H6O.CH5N.CH4/c25-16-7-5-15(6-8-16)13-29-17-9-10-21-22(11-17)31-18(14-30-21)12-26-23(27)19-3-1-2-4-20(19)24(26)28;26-23-19-8-4-5-9-20(19)24(27)25(23)13-18-15-29-21-11-10-17(12-22(21)30-18)28-14-16-6-2-1-3-7-16;19-10-5-6-14-15(7-10)23-11(9-22-14)8-18-16(20)12-3-1-2-4-13(12)17(18)21;17-12-3-1-11(2-4-12)9-19-13-5-6-15-16(7-13)21-14(8-18)10-20-15;8-5-6-1-3-7(9)4-2-6;1-2-3;1-2;/h1-11,18H,12-14H2;1-12,18H,13-15H2;1-7,11,19H,8-9H2;1-7,14H,8-10,18H2;1-4H,5H2;3H,2H2,1H3;2H2,1H3;1H4/t2*18-;11-;14-;;;;/m1111..../s1. The first-order valence-electron chi connectivity index (χ1n) is 37.8. The Kier molecular flexibility index (Phi) is 31.6. The first-order chi connectivity index (χ1) is 57.9. The number of amides is 6. The quantitative estimate of drug-likeness (QED) is 0.0486. The molecule has 120 heavy (non-hydrogen) atoms. The number of ether oxygens (including phenoxy) is 11. The van der Waals surface area contributed by atoms with Gasteiger partial charge in [0.25, 0.3) is 35.4 Å². The van der Waals surface area contributed by atoms with E-state index in [0.717, 1.165) is 38.5 Å². The van der Waals surface area contributed by atoms with Crippen molar-refractivity contribution in [2.24, 2.45) is 11.5 Å². The summed E-state index contributed by atoms with van der Waals surface area (Å²) in [6, 6.07) is 73.9. The number of aliphatic hydroxyl groups is 1. The van der Waals surface area contributed by atoms with Gasteiger partial charge in [0, 0.05) is 57.8 Å². The molecule has 7 aliphatic heterocycles. The second-order valence-electron chi connectivity index (χ2n) is 26.9. The van der Waals surface area contributed by atoms with Crippen LogP contribution in [0.15, 0.2) is 249 Å². The third-order valence-corrected chi connectivity index (χ3v) is 20.0. The number of fused-ring (bicyclic) bond motifs is 7. The van der Waals surface area contributed by atoms with Crippen molar-refractivity contribution in [1.29, 1.82) is 0 Å². The molecule has 0 aromatic heterocycles. The molecule has 28 heteroatoms. The molecule has 4 atom stereocenters. The Morgan fingerprint density at radius 1 is 0.367 bits per heavy atom. The second-order valence-corrected chi connectivity index (χ2v) is 28.7. The Morgan fingerprint density at radius 3 is 0.925 bits per heavy atom. The van der Waals surface area contributed by atoms with Crippen LogP contribution in [-0.4, -0.2) is 151 Å². The SMILES string of the molecule is C.CCO.CN.Clc1ccc(CBr)cc1.NC[C@@H]1COc2ccc(OCc3ccc(Cl)cc3)cc2O1.O=C1c2ccccc2C(=O)N1C[C@@H]1COc2ccc(O)cc2O1.O=C1c2ccccc2C(=O)N1C[C@@H]1COc2ccc(OCc3ccc(Cl)cc3)cc2O1.O=C1c2ccccc2C(=O)N1C[C@@H]1COc2ccc(OCc3ccccc3)cc2O1. The van der Waals surface area contributed by atoms with Gasteiger partial charge >= 0.3 is 0 Å². The number of nitrogens with zero attached hydrogens (tertiary/aromatic N) is 3. The van der Waals surface area contributed by atoms with Crippen molar-refractivity contribution in [3.8, 4) is 69.0 Å². The smallest absolute Gasteiger partial charge is 0.261 e. The molecular weight excluding hydrogens is 1670 g/mol. The number of rotatable bonds is 17. The van der Waals surface area contributed by atoms with Crippen LogP contribution in [0.1, 0.15) is 98.8 Å². The highest BCUT2D eigenvalue weighted by molar-refractivity contribution is 9.08. The number of alkyl halides is 1. The predicted molar refractivity (Wildman–Crippen MR) is 458 cm³/mol. The third-order valence-electron chi connectivity index (χ3n) is 18.6. The van der Waals surface area contributed by atoms with Gasteiger partial charge in [0.15, 0.2) is 64.3 Å². The summed E-state index contributed by atoms with van der Waals surface area (Å²) in [7, 11) is 1.50. The van der Waals surface area contributed by atoms with E-state index in [0.29, 0.717) is 128 Å². The van der Waals surface area contributed by atoms with Gasteiger partial charge in [-0.25, -0.2) is 0 Å². The molecule has 0 unspecified atom stereocenters. The molecule has 6 amide bonds. The van der Waals surface area contributed by atoms with Gasteiger partial charge in [0.05, 0.1) is 53.0 Å². The van der Waals surface area contributed by atoms with Crippen LogP contribution >= 0.6 is 50.7 Å². The molecule has 0 spiro atoms. The fourth-order valence-corrected chi connectivity index (χ4v) is 13.4. The summed E-state index contributed by atoms with van der Waals surface area (Å²) >= 11 is 20.8. The van der Waals surface area contributed by atoms with Crippen LogP contribution in [0.25, 0.3) is 0 Å². The summed E-state index contributed by atoms with van der Waals surface area (Å²) < 4.78 is 63.7. The molecular formula is C92H87BrCl3N5O19. The second kappa shape index (κ2) is 42.9. The summed E-state index contributed by atoms with van der Waals surface area (Å²) in [6.45, 7) is 5.19. The van der Waals surface area contributed by atoms with Gasteiger partial charge in [-0.05, 0) is 158 Å². The lowest BCUT2D eigenvalue weighted by Crippen LogP contribution is -2.43. The minimum Gasteiger partial charge on any atom is -0.508 e. The van der Waals surface area contributed by atoms with Gasteiger partial charge in [-0.3, -0.25) is 43.5 Å². The van der Waals surface area contributed by atoms with Crippen LogP contribution in [0.2, 0.25) is 15.1 Å². The van der Waals surface area contributed by atoms with Crippen LogP contribution < -0.4 is 63.6 Å². The number of aliphatic hydroxyl groups excluding tert-OH is 1. The molecule has 0 radical (unpaired) electrons. The van der Waals surface area contributed by atoms with E-state index in [1.165, 1.54) is 39.4 Å². The predicted octanol–water partition coefficient (Wildman–Crippen LogP) is 16.3. The first-order valence-corrected chi connectivity index (χ1v) is 40.0. The van der Waals surface area contributed by atoms with E-state index in [9.17, 15) is 33.9 Å². The molecule has 0 fully saturated rings. The zero-order chi connectivity index (χ0) is 83.9. The van der Waals surface area contributed by atoms with Crippen LogP contribution in [-0.2, 0) is 25.2 Å². The van der Waals surface area contributed by atoms with Gasteiger partial charge in [-0.2, -0.15) is 0 Å². The highest BCUT2D eigenvalue weighted by atomic mass is 79.9. The Morgan fingerprint density at radius 2 is 0.625 bits per heavy atom. The molecule has 11 aromatic carbocycles. The molecule has 622 valence electrons. The van der Waals surface area contributed by atoms with E-state index >= 15 is 0 Å². The number of benzene rings is 11. The van der Waals surface area contributed by atoms with Crippen molar-refractivity contribution >= 4 is 86.2 Å². The molecule has 11 aromatic rings. The number of nitrogens with two attached hydrogens (primary N) is 2. The molecule has 0 aliphatic carbocycles. The molecule has 24 nitrogen and oxygen atoms in total. The average Bonchev–Trinajstić information content (AvgIpc) is 1.63. The molecule has 7 aliphatic rings.